The molecule has 0 spiro atoms. The fourth-order valence-electron chi connectivity index (χ4n) is 1.52. The van der Waals surface area contributed by atoms with Crippen LogP contribution >= 0.6 is 11.3 Å². The van der Waals surface area contributed by atoms with E-state index in [1.54, 1.807) is 19.1 Å². The Morgan fingerprint density at radius 2 is 2.22 bits per heavy atom. The molecule has 0 aliphatic carbocycles. The van der Waals surface area contributed by atoms with Crippen LogP contribution in [0.1, 0.15) is 14.7 Å². The minimum absolute atomic E-state index is 0.0194. The van der Waals surface area contributed by atoms with Gasteiger partial charge in [-0.15, -0.1) is 11.3 Å². The van der Waals surface area contributed by atoms with Crippen LogP contribution in [0.2, 0.25) is 0 Å². The molecule has 0 saturated heterocycles. The molecule has 0 fully saturated rings. The van der Waals surface area contributed by atoms with Crippen molar-refractivity contribution in [1.82, 2.24) is 4.98 Å². The largest absolute Gasteiger partial charge is 0.476 e. The van der Waals surface area contributed by atoms with E-state index < -0.39 is 10.9 Å². The molecular weight excluding hydrogens is 256 g/mol. The lowest BCUT2D eigenvalue weighted by Crippen LogP contribution is -1.94. The molecular formula is C11H8N2O4S. The molecule has 2 aromatic rings. The number of aryl methyl sites for hydroxylation is 1. The molecule has 0 amide bonds. The molecule has 0 atom stereocenters. The lowest BCUT2D eigenvalue weighted by Gasteiger charge is -1.98. The normalized spacial score (nSPS) is 10.3. The highest BCUT2D eigenvalue weighted by Gasteiger charge is 2.16. The van der Waals surface area contributed by atoms with Crippen molar-refractivity contribution >= 4 is 23.0 Å². The van der Waals surface area contributed by atoms with Crippen molar-refractivity contribution in [2.24, 2.45) is 0 Å². The highest BCUT2D eigenvalue weighted by Crippen LogP contribution is 2.29. The molecule has 0 bridgehead atoms. The third-order valence-corrected chi connectivity index (χ3v) is 3.27. The topological polar surface area (TPSA) is 93.3 Å². The van der Waals surface area contributed by atoms with Gasteiger partial charge in [0.1, 0.15) is 0 Å². The molecule has 1 heterocycles. The number of carboxylic acid groups (broad SMARTS) is 1. The van der Waals surface area contributed by atoms with E-state index in [9.17, 15) is 14.9 Å². The number of nitro groups is 1. The number of thiazole rings is 1. The SMILES string of the molecule is Cc1sc(C(=O)O)nc1-c1cccc([N+](=O)[O-])c1. The minimum Gasteiger partial charge on any atom is -0.476 e. The molecule has 1 N–H and O–H groups in total. The zero-order valence-electron chi connectivity index (χ0n) is 9.28. The summed E-state index contributed by atoms with van der Waals surface area (Å²) in [7, 11) is 0. The van der Waals surface area contributed by atoms with Crippen molar-refractivity contribution in [3.63, 3.8) is 0 Å². The fraction of sp³-hybridized carbons (Fsp3) is 0.0909. The number of aromatic carboxylic acids is 1. The summed E-state index contributed by atoms with van der Waals surface area (Å²) in [6.45, 7) is 1.73. The molecule has 0 aliphatic heterocycles. The number of hydrogen-bond donors (Lipinski definition) is 1. The Bertz CT molecular complexity index is 636. The Morgan fingerprint density at radius 1 is 1.50 bits per heavy atom. The van der Waals surface area contributed by atoms with Gasteiger partial charge in [-0.1, -0.05) is 12.1 Å². The van der Waals surface area contributed by atoms with E-state index >= 15 is 0 Å². The number of hydrogen-bond acceptors (Lipinski definition) is 5. The Hall–Kier alpha value is -2.28. The number of nitrogens with zero attached hydrogens (tertiary/aromatic N) is 2. The summed E-state index contributed by atoms with van der Waals surface area (Å²) in [6.07, 6.45) is 0. The van der Waals surface area contributed by atoms with E-state index in [1.807, 2.05) is 0 Å². The number of aromatic nitrogens is 1. The number of benzene rings is 1. The van der Waals surface area contributed by atoms with E-state index in [4.69, 9.17) is 5.11 Å². The van der Waals surface area contributed by atoms with Crippen LogP contribution in [-0.4, -0.2) is 21.0 Å². The highest BCUT2D eigenvalue weighted by molar-refractivity contribution is 7.13. The van der Waals surface area contributed by atoms with Crippen LogP contribution in [0.5, 0.6) is 0 Å². The second-order valence-corrected chi connectivity index (χ2v) is 4.74. The maximum atomic E-state index is 10.8. The van der Waals surface area contributed by atoms with Crippen molar-refractivity contribution in [1.29, 1.82) is 0 Å². The first-order valence-electron chi connectivity index (χ1n) is 4.94. The number of rotatable bonds is 3. The number of carboxylic acids is 1. The monoisotopic (exact) mass is 264 g/mol. The van der Waals surface area contributed by atoms with Gasteiger partial charge in [0.25, 0.3) is 5.69 Å². The first-order chi connectivity index (χ1) is 8.49. The molecule has 1 aromatic heterocycles. The second kappa shape index (κ2) is 4.53. The van der Waals surface area contributed by atoms with Crippen molar-refractivity contribution in [3.05, 3.63) is 44.3 Å². The minimum atomic E-state index is -1.10. The van der Waals surface area contributed by atoms with Gasteiger partial charge in [-0.25, -0.2) is 9.78 Å². The van der Waals surface area contributed by atoms with Crippen molar-refractivity contribution in [2.75, 3.05) is 0 Å². The lowest BCUT2D eigenvalue weighted by atomic mass is 10.1. The van der Waals surface area contributed by atoms with Gasteiger partial charge in [0, 0.05) is 22.6 Å². The summed E-state index contributed by atoms with van der Waals surface area (Å²) in [5.41, 5.74) is 0.975. The summed E-state index contributed by atoms with van der Waals surface area (Å²) in [6, 6.07) is 5.98. The molecule has 0 unspecified atom stereocenters. The van der Waals surface area contributed by atoms with Gasteiger partial charge in [0.05, 0.1) is 10.6 Å². The molecule has 6 nitrogen and oxygen atoms in total. The standard InChI is InChI=1S/C11H8N2O4S/c1-6-9(12-10(18-6)11(14)15)7-3-2-4-8(5-7)13(16)17/h2-5H,1H3,(H,14,15). The summed E-state index contributed by atoms with van der Waals surface area (Å²) in [5, 5.41) is 19.5. The van der Waals surface area contributed by atoms with Crippen molar-refractivity contribution in [2.45, 2.75) is 6.92 Å². The van der Waals surface area contributed by atoms with Crippen LogP contribution in [-0.2, 0) is 0 Å². The number of carbonyl (C=O) groups is 1. The van der Waals surface area contributed by atoms with Gasteiger partial charge in [-0.05, 0) is 6.92 Å². The second-order valence-electron chi connectivity index (χ2n) is 3.54. The van der Waals surface area contributed by atoms with E-state index in [-0.39, 0.29) is 10.7 Å². The molecule has 2 rings (SSSR count). The molecule has 0 saturated carbocycles. The van der Waals surface area contributed by atoms with Gasteiger partial charge in [-0.3, -0.25) is 10.1 Å². The molecule has 0 radical (unpaired) electrons. The van der Waals surface area contributed by atoms with Crippen LogP contribution in [0.15, 0.2) is 24.3 Å². The van der Waals surface area contributed by atoms with Crippen LogP contribution in [0.3, 0.4) is 0 Å². The Kier molecular flexibility index (Phi) is 3.07. The summed E-state index contributed by atoms with van der Waals surface area (Å²) in [4.78, 5) is 25.7. The quantitative estimate of drug-likeness (QED) is 0.679. The third-order valence-electron chi connectivity index (χ3n) is 2.31. The fourth-order valence-corrected chi connectivity index (χ4v) is 2.30. The van der Waals surface area contributed by atoms with E-state index in [1.165, 1.54) is 12.1 Å². The van der Waals surface area contributed by atoms with Gasteiger partial charge < -0.3 is 5.11 Å². The van der Waals surface area contributed by atoms with Gasteiger partial charge >= 0.3 is 5.97 Å². The van der Waals surface area contributed by atoms with Crippen LogP contribution < -0.4 is 0 Å². The first-order valence-corrected chi connectivity index (χ1v) is 5.76. The molecule has 0 aliphatic rings. The van der Waals surface area contributed by atoms with E-state index in [0.717, 1.165) is 11.3 Å². The van der Waals surface area contributed by atoms with Crippen LogP contribution in [0.4, 0.5) is 5.69 Å². The van der Waals surface area contributed by atoms with Gasteiger partial charge in [0.15, 0.2) is 0 Å². The Morgan fingerprint density at radius 3 is 2.78 bits per heavy atom. The van der Waals surface area contributed by atoms with Crippen LogP contribution in [0.25, 0.3) is 11.3 Å². The molecule has 1 aromatic carbocycles. The van der Waals surface area contributed by atoms with Crippen LogP contribution in [0, 0.1) is 17.0 Å². The van der Waals surface area contributed by atoms with E-state index in [2.05, 4.69) is 4.98 Å². The summed E-state index contributed by atoms with van der Waals surface area (Å²) in [5.74, 6) is -1.10. The maximum Gasteiger partial charge on any atom is 0.365 e. The highest BCUT2D eigenvalue weighted by atomic mass is 32.1. The lowest BCUT2D eigenvalue weighted by molar-refractivity contribution is -0.384. The van der Waals surface area contributed by atoms with Crippen molar-refractivity contribution < 1.29 is 14.8 Å². The third kappa shape index (κ3) is 2.21. The number of non-ortho nitro benzene ring substituents is 1. The van der Waals surface area contributed by atoms with Crippen molar-refractivity contribution in [3.8, 4) is 11.3 Å². The molecule has 92 valence electrons. The zero-order chi connectivity index (χ0) is 13.3. The maximum absolute atomic E-state index is 10.8. The smallest absolute Gasteiger partial charge is 0.365 e. The molecule has 7 heteroatoms. The average Bonchev–Trinajstić information content (AvgIpc) is 2.72. The summed E-state index contributed by atoms with van der Waals surface area (Å²) >= 11 is 1.05. The van der Waals surface area contributed by atoms with Gasteiger partial charge in [0.2, 0.25) is 5.01 Å². The number of nitro benzene ring substituents is 1. The average molecular weight is 264 g/mol. The van der Waals surface area contributed by atoms with Gasteiger partial charge in [-0.2, -0.15) is 0 Å². The zero-order valence-corrected chi connectivity index (χ0v) is 10.1. The molecule has 18 heavy (non-hydrogen) atoms. The summed E-state index contributed by atoms with van der Waals surface area (Å²) < 4.78 is 0. The predicted molar refractivity (Wildman–Crippen MR) is 65.9 cm³/mol. The predicted octanol–water partition coefficient (Wildman–Crippen LogP) is 2.72. The van der Waals surface area contributed by atoms with E-state index in [0.29, 0.717) is 16.1 Å². The Balaban J connectivity index is 2.51. The first kappa shape index (κ1) is 12.2. The Labute approximate surface area is 106 Å².